The van der Waals surface area contributed by atoms with E-state index < -0.39 is 5.79 Å². The zero-order valence-electron chi connectivity index (χ0n) is 20.8. The molecular weight excluding hydrogens is 372 g/mol. The lowest BCUT2D eigenvalue weighted by Crippen LogP contribution is -2.35. The summed E-state index contributed by atoms with van der Waals surface area (Å²) in [6, 6.07) is 0. The van der Waals surface area contributed by atoms with Crippen LogP contribution in [0, 0.1) is 0 Å². The monoisotopic (exact) mass is 426 g/mol. The average molecular weight is 427 g/mol. The van der Waals surface area contributed by atoms with Gasteiger partial charge in [-0.25, -0.2) is 0 Å². The smallest absolute Gasteiger partial charge is 0.308 e. The maximum Gasteiger partial charge on any atom is 0.308 e. The third kappa shape index (κ3) is 19.4. The van der Waals surface area contributed by atoms with E-state index in [-0.39, 0.29) is 5.97 Å². The van der Waals surface area contributed by atoms with Crippen molar-refractivity contribution in [2.45, 2.75) is 168 Å². The fourth-order valence-electron chi connectivity index (χ4n) is 4.08. The molecule has 0 aliphatic rings. The summed E-state index contributed by atoms with van der Waals surface area (Å²) in [5.74, 6) is -1.45. The number of carbonyl (C=O) groups is 1. The van der Waals surface area contributed by atoms with Crippen molar-refractivity contribution in [3.8, 4) is 0 Å². The van der Waals surface area contributed by atoms with Crippen molar-refractivity contribution in [1.82, 2.24) is 0 Å². The van der Waals surface area contributed by atoms with Crippen molar-refractivity contribution in [3.05, 3.63) is 0 Å². The SMILES string of the molecule is CCCCCCCCCC(O)(CCCCCCCC)OC(=O)CCCCCCCC. The third-order valence-corrected chi connectivity index (χ3v) is 6.13. The lowest BCUT2D eigenvalue weighted by Gasteiger charge is -2.28. The molecule has 0 aliphatic carbocycles. The topological polar surface area (TPSA) is 46.5 Å². The first-order chi connectivity index (χ1) is 14.6. The Morgan fingerprint density at radius 1 is 0.567 bits per heavy atom. The molecule has 0 rings (SSSR count). The van der Waals surface area contributed by atoms with Gasteiger partial charge in [0.25, 0.3) is 0 Å². The van der Waals surface area contributed by atoms with Gasteiger partial charge in [0.1, 0.15) is 0 Å². The summed E-state index contributed by atoms with van der Waals surface area (Å²) in [6.45, 7) is 6.68. The molecule has 30 heavy (non-hydrogen) atoms. The molecule has 3 nitrogen and oxygen atoms in total. The number of unbranched alkanes of at least 4 members (excludes halogenated alkanes) is 16. The number of rotatable bonds is 23. The Bertz CT molecular complexity index is 369. The average Bonchev–Trinajstić information content (AvgIpc) is 2.72. The van der Waals surface area contributed by atoms with E-state index in [0.717, 1.165) is 38.5 Å². The lowest BCUT2D eigenvalue weighted by atomic mass is 9.98. The number of hydrogen-bond donors (Lipinski definition) is 1. The van der Waals surface area contributed by atoms with E-state index in [1.54, 1.807) is 0 Å². The van der Waals surface area contributed by atoms with Crippen molar-refractivity contribution in [2.75, 3.05) is 0 Å². The number of ether oxygens (including phenoxy) is 1. The minimum Gasteiger partial charge on any atom is -0.433 e. The zero-order valence-corrected chi connectivity index (χ0v) is 20.8. The van der Waals surface area contributed by atoms with Crippen LogP contribution in [0.15, 0.2) is 0 Å². The van der Waals surface area contributed by atoms with Crippen LogP contribution in [0.2, 0.25) is 0 Å². The molecule has 0 bridgehead atoms. The second kappa shape index (κ2) is 21.7. The van der Waals surface area contributed by atoms with Crippen molar-refractivity contribution >= 4 is 5.97 Å². The Balaban J connectivity index is 4.24. The predicted molar refractivity (Wildman–Crippen MR) is 130 cm³/mol. The molecule has 0 fully saturated rings. The maximum absolute atomic E-state index is 12.3. The van der Waals surface area contributed by atoms with Gasteiger partial charge in [0, 0.05) is 19.3 Å². The molecule has 0 aromatic carbocycles. The van der Waals surface area contributed by atoms with E-state index in [0.29, 0.717) is 19.3 Å². The van der Waals surface area contributed by atoms with Gasteiger partial charge in [0.05, 0.1) is 0 Å². The molecule has 0 aliphatic heterocycles. The minimum atomic E-state index is -1.24. The summed E-state index contributed by atoms with van der Waals surface area (Å²) in [7, 11) is 0. The first kappa shape index (κ1) is 29.4. The van der Waals surface area contributed by atoms with Gasteiger partial charge in [-0.05, 0) is 19.3 Å². The van der Waals surface area contributed by atoms with Crippen molar-refractivity contribution < 1.29 is 14.6 Å². The number of hydrogen-bond acceptors (Lipinski definition) is 3. The maximum atomic E-state index is 12.3. The van der Waals surface area contributed by atoms with Gasteiger partial charge in [-0.1, -0.05) is 124 Å². The molecule has 0 aromatic rings. The number of esters is 1. The van der Waals surface area contributed by atoms with Crippen LogP contribution < -0.4 is 0 Å². The molecule has 0 amide bonds. The van der Waals surface area contributed by atoms with E-state index >= 15 is 0 Å². The van der Waals surface area contributed by atoms with E-state index in [1.165, 1.54) is 83.5 Å². The van der Waals surface area contributed by atoms with Crippen LogP contribution in [-0.4, -0.2) is 16.9 Å². The second-order valence-electron chi connectivity index (χ2n) is 9.33. The minimum absolute atomic E-state index is 0.207. The molecule has 0 radical (unpaired) electrons. The fraction of sp³-hybridized carbons (Fsp3) is 0.963. The van der Waals surface area contributed by atoms with Crippen molar-refractivity contribution in [3.63, 3.8) is 0 Å². The number of aliphatic hydroxyl groups is 1. The quantitative estimate of drug-likeness (QED) is 0.101. The molecule has 0 saturated carbocycles. The standard InChI is InChI=1S/C27H54O3/c1-4-7-10-13-16-19-22-25-27(29,24-21-18-15-12-9-6-3)30-26(28)23-20-17-14-11-8-5-2/h29H,4-25H2,1-3H3. The molecule has 0 aromatic heterocycles. The lowest BCUT2D eigenvalue weighted by molar-refractivity contribution is -0.215. The summed E-state index contributed by atoms with van der Waals surface area (Å²) >= 11 is 0. The summed E-state index contributed by atoms with van der Waals surface area (Å²) in [6.07, 6.45) is 24.1. The molecular formula is C27H54O3. The molecule has 1 atom stereocenters. The number of carbonyl (C=O) groups excluding carboxylic acids is 1. The van der Waals surface area contributed by atoms with E-state index in [1.807, 2.05) is 0 Å². The van der Waals surface area contributed by atoms with Gasteiger partial charge >= 0.3 is 5.97 Å². The van der Waals surface area contributed by atoms with Crippen LogP contribution in [0.5, 0.6) is 0 Å². The van der Waals surface area contributed by atoms with Gasteiger partial charge in [0.2, 0.25) is 5.79 Å². The molecule has 3 heteroatoms. The van der Waals surface area contributed by atoms with Gasteiger partial charge < -0.3 is 9.84 Å². The highest BCUT2D eigenvalue weighted by Gasteiger charge is 2.30. The normalized spacial score (nSPS) is 13.3. The molecule has 1 unspecified atom stereocenters. The Hall–Kier alpha value is -0.570. The molecule has 0 spiro atoms. The Morgan fingerprint density at radius 3 is 1.30 bits per heavy atom. The first-order valence-electron chi connectivity index (χ1n) is 13.5. The second-order valence-corrected chi connectivity index (χ2v) is 9.33. The molecule has 0 heterocycles. The van der Waals surface area contributed by atoms with Gasteiger partial charge in [-0.3, -0.25) is 4.79 Å². The van der Waals surface area contributed by atoms with Crippen LogP contribution in [0.1, 0.15) is 162 Å². The summed E-state index contributed by atoms with van der Waals surface area (Å²) < 4.78 is 5.66. The predicted octanol–water partition coefficient (Wildman–Crippen LogP) is 8.86. The molecule has 0 saturated heterocycles. The van der Waals surface area contributed by atoms with Crippen LogP contribution >= 0.6 is 0 Å². The van der Waals surface area contributed by atoms with E-state index in [4.69, 9.17) is 4.74 Å². The highest BCUT2D eigenvalue weighted by molar-refractivity contribution is 5.69. The Labute approximate surface area is 188 Å². The van der Waals surface area contributed by atoms with Gasteiger partial charge in [-0.2, -0.15) is 0 Å². The van der Waals surface area contributed by atoms with Crippen LogP contribution in [0.25, 0.3) is 0 Å². The summed E-state index contributed by atoms with van der Waals surface area (Å²) in [5, 5.41) is 11.1. The van der Waals surface area contributed by atoms with Crippen molar-refractivity contribution in [1.29, 1.82) is 0 Å². The van der Waals surface area contributed by atoms with E-state index in [2.05, 4.69) is 20.8 Å². The van der Waals surface area contributed by atoms with Crippen LogP contribution in [0.4, 0.5) is 0 Å². The van der Waals surface area contributed by atoms with Crippen LogP contribution in [0.3, 0.4) is 0 Å². The third-order valence-electron chi connectivity index (χ3n) is 6.13. The fourth-order valence-corrected chi connectivity index (χ4v) is 4.08. The van der Waals surface area contributed by atoms with Gasteiger partial charge in [0.15, 0.2) is 0 Å². The Morgan fingerprint density at radius 2 is 0.900 bits per heavy atom. The molecule has 1 N–H and O–H groups in total. The summed E-state index contributed by atoms with van der Waals surface area (Å²) in [5.41, 5.74) is 0. The zero-order chi connectivity index (χ0) is 22.3. The summed E-state index contributed by atoms with van der Waals surface area (Å²) in [4.78, 5) is 12.3. The van der Waals surface area contributed by atoms with Gasteiger partial charge in [-0.15, -0.1) is 0 Å². The Kier molecular flexibility index (Phi) is 21.2. The van der Waals surface area contributed by atoms with Crippen LogP contribution in [-0.2, 0) is 9.53 Å². The highest BCUT2D eigenvalue weighted by Crippen LogP contribution is 2.26. The van der Waals surface area contributed by atoms with E-state index in [9.17, 15) is 9.90 Å². The first-order valence-corrected chi connectivity index (χ1v) is 13.5. The molecule has 180 valence electrons. The van der Waals surface area contributed by atoms with Crippen molar-refractivity contribution in [2.24, 2.45) is 0 Å². The highest BCUT2D eigenvalue weighted by atomic mass is 16.7. The largest absolute Gasteiger partial charge is 0.433 e.